The molecule has 1 fully saturated rings. The van der Waals surface area contributed by atoms with Crippen LogP contribution in [0.25, 0.3) is 0 Å². The fourth-order valence-corrected chi connectivity index (χ4v) is 3.02. The maximum absolute atomic E-state index is 12.0. The molecule has 1 saturated carbocycles. The van der Waals surface area contributed by atoms with Gasteiger partial charge in [0.1, 0.15) is 5.75 Å². The van der Waals surface area contributed by atoms with E-state index >= 15 is 0 Å². The van der Waals surface area contributed by atoms with Crippen LogP contribution in [0.5, 0.6) is 5.75 Å². The van der Waals surface area contributed by atoms with Gasteiger partial charge in [-0.25, -0.2) is 0 Å². The van der Waals surface area contributed by atoms with E-state index in [1.807, 2.05) is 24.3 Å². The Labute approximate surface area is 143 Å². The van der Waals surface area contributed by atoms with Crippen LogP contribution in [-0.4, -0.2) is 17.0 Å². The zero-order chi connectivity index (χ0) is 16.6. The first-order valence-corrected chi connectivity index (χ1v) is 8.71. The number of hydrogen-bond acceptors (Lipinski definition) is 3. The first kappa shape index (κ1) is 16.5. The minimum atomic E-state index is 0.0565. The van der Waals surface area contributed by atoms with E-state index in [0.29, 0.717) is 19.1 Å². The fourth-order valence-electron chi connectivity index (χ4n) is 3.02. The molecule has 3 rings (SSSR count). The number of carbonyl (C=O) groups excluding carboxylic acids is 1. The van der Waals surface area contributed by atoms with Gasteiger partial charge in [-0.3, -0.25) is 9.78 Å². The van der Waals surface area contributed by atoms with Gasteiger partial charge in [-0.1, -0.05) is 18.2 Å². The summed E-state index contributed by atoms with van der Waals surface area (Å²) in [6.45, 7) is 0.525. The molecule has 0 spiro atoms. The third-order valence-corrected chi connectivity index (χ3v) is 4.36. The van der Waals surface area contributed by atoms with Gasteiger partial charge < -0.3 is 10.1 Å². The quantitative estimate of drug-likeness (QED) is 0.846. The first-order valence-electron chi connectivity index (χ1n) is 8.71. The van der Waals surface area contributed by atoms with E-state index in [-0.39, 0.29) is 5.91 Å². The Morgan fingerprint density at radius 2 is 2.00 bits per heavy atom. The maximum atomic E-state index is 12.0. The SMILES string of the molecule is O=C(CCc1cccc(OC2CCCC2)c1)NCc1cccnc1. The monoisotopic (exact) mass is 324 g/mol. The Balaban J connectivity index is 1.44. The summed E-state index contributed by atoms with van der Waals surface area (Å²) >= 11 is 0. The maximum Gasteiger partial charge on any atom is 0.220 e. The fraction of sp³-hybridized carbons (Fsp3) is 0.400. The van der Waals surface area contributed by atoms with Crippen LogP contribution >= 0.6 is 0 Å². The van der Waals surface area contributed by atoms with E-state index in [1.54, 1.807) is 12.4 Å². The lowest BCUT2D eigenvalue weighted by Gasteiger charge is -2.13. The molecule has 0 radical (unpaired) electrons. The molecular weight excluding hydrogens is 300 g/mol. The minimum Gasteiger partial charge on any atom is -0.490 e. The van der Waals surface area contributed by atoms with Crippen molar-refractivity contribution in [3.63, 3.8) is 0 Å². The van der Waals surface area contributed by atoms with Crippen molar-refractivity contribution >= 4 is 5.91 Å². The predicted octanol–water partition coefficient (Wildman–Crippen LogP) is 3.65. The molecule has 1 aliphatic rings. The first-order chi connectivity index (χ1) is 11.8. The molecule has 126 valence electrons. The van der Waals surface area contributed by atoms with Crippen LogP contribution in [0.3, 0.4) is 0 Å². The molecule has 2 aromatic rings. The van der Waals surface area contributed by atoms with Gasteiger partial charge in [0.25, 0.3) is 0 Å². The van der Waals surface area contributed by atoms with Gasteiger partial charge in [-0.2, -0.15) is 0 Å². The van der Waals surface area contributed by atoms with Crippen LogP contribution in [0, 0.1) is 0 Å². The normalized spacial score (nSPS) is 14.5. The molecule has 24 heavy (non-hydrogen) atoms. The number of carbonyl (C=O) groups is 1. The Morgan fingerprint density at radius 3 is 2.79 bits per heavy atom. The molecule has 1 amide bonds. The molecule has 0 saturated heterocycles. The molecule has 0 unspecified atom stereocenters. The van der Waals surface area contributed by atoms with Crippen LogP contribution in [0.2, 0.25) is 0 Å². The number of pyridine rings is 1. The van der Waals surface area contributed by atoms with E-state index < -0.39 is 0 Å². The summed E-state index contributed by atoms with van der Waals surface area (Å²) in [5.41, 5.74) is 2.15. The number of aromatic nitrogens is 1. The van der Waals surface area contributed by atoms with Gasteiger partial charge in [0, 0.05) is 25.4 Å². The largest absolute Gasteiger partial charge is 0.490 e. The molecule has 4 nitrogen and oxygen atoms in total. The molecule has 1 aliphatic carbocycles. The summed E-state index contributed by atoms with van der Waals surface area (Å²) in [5.74, 6) is 0.983. The highest BCUT2D eigenvalue weighted by molar-refractivity contribution is 5.76. The van der Waals surface area contributed by atoms with Crippen molar-refractivity contribution in [3.05, 3.63) is 59.9 Å². The number of rotatable bonds is 7. The number of nitrogens with zero attached hydrogens (tertiary/aromatic N) is 1. The number of ether oxygens (including phenoxy) is 1. The average Bonchev–Trinajstić information content (AvgIpc) is 3.12. The summed E-state index contributed by atoms with van der Waals surface area (Å²) in [5, 5.41) is 2.93. The molecule has 0 atom stereocenters. The van der Waals surface area contributed by atoms with Crippen LogP contribution in [0.4, 0.5) is 0 Å². The summed E-state index contributed by atoms with van der Waals surface area (Å²) < 4.78 is 6.02. The second-order valence-corrected chi connectivity index (χ2v) is 6.31. The van der Waals surface area contributed by atoms with Crippen molar-refractivity contribution < 1.29 is 9.53 Å². The van der Waals surface area contributed by atoms with Crippen molar-refractivity contribution in [1.29, 1.82) is 0 Å². The van der Waals surface area contributed by atoms with Crippen molar-refractivity contribution in [2.24, 2.45) is 0 Å². The van der Waals surface area contributed by atoms with Crippen LogP contribution in [0.1, 0.15) is 43.2 Å². The standard InChI is InChI=1S/C20H24N2O2/c23-20(22-15-17-6-4-12-21-14-17)11-10-16-5-3-9-19(13-16)24-18-7-1-2-8-18/h3-6,9,12-14,18H,1-2,7-8,10-11,15H2,(H,22,23). The van der Waals surface area contributed by atoms with Crippen LogP contribution < -0.4 is 10.1 Å². The summed E-state index contributed by atoms with van der Waals surface area (Å²) in [4.78, 5) is 16.0. The highest BCUT2D eigenvalue weighted by Gasteiger charge is 2.16. The van der Waals surface area contributed by atoms with Gasteiger partial charge in [-0.15, -0.1) is 0 Å². The lowest BCUT2D eigenvalue weighted by atomic mass is 10.1. The Hall–Kier alpha value is -2.36. The van der Waals surface area contributed by atoms with Crippen molar-refractivity contribution in [2.45, 2.75) is 51.2 Å². The second-order valence-electron chi connectivity index (χ2n) is 6.31. The number of nitrogens with one attached hydrogen (secondary N) is 1. The third-order valence-electron chi connectivity index (χ3n) is 4.36. The molecule has 4 heteroatoms. The van der Waals surface area contributed by atoms with E-state index in [1.165, 1.54) is 12.8 Å². The van der Waals surface area contributed by atoms with Gasteiger partial charge in [0.2, 0.25) is 5.91 Å². The second kappa shape index (κ2) is 8.48. The van der Waals surface area contributed by atoms with Gasteiger partial charge in [-0.05, 0) is 61.4 Å². The Morgan fingerprint density at radius 1 is 1.17 bits per heavy atom. The van der Waals surface area contributed by atoms with Crippen molar-refractivity contribution in [2.75, 3.05) is 0 Å². The van der Waals surface area contributed by atoms with E-state index in [2.05, 4.69) is 22.4 Å². The number of benzene rings is 1. The summed E-state index contributed by atoms with van der Waals surface area (Å²) in [6, 6.07) is 12.0. The molecule has 0 aliphatic heterocycles. The van der Waals surface area contributed by atoms with E-state index in [4.69, 9.17) is 4.74 Å². The molecule has 0 bridgehead atoms. The summed E-state index contributed by atoms with van der Waals surface area (Å²) in [6.07, 6.45) is 9.90. The highest BCUT2D eigenvalue weighted by atomic mass is 16.5. The van der Waals surface area contributed by atoms with Gasteiger partial charge in [0.15, 0.2) is 0 Å². The summed E-state index contributed by atoms with van der Waals surface area (Å²) in [7, 11) is 0. The van der Waals surface area contributed by atoms with E-state index in [9.17, 15) is 4.79 Å². The third kappa shape index (κ3) is 5.08. The van der Waals surface area contributed by atoms with E-state index in [0.717, 1.165) is 36.1 Å². The molecule has 1 N–H and O–H groups in total. The van der Waals surface area contributed by atoms with Crippen molar-refractivity contribution in [1.82, 2.24) is 10.3 Å². The number of hydrogen-bond donors (Lipinski definition) is 1. The zero-order valence-corrected chi connectivity index (χ0v) is 13.9. The molecule has 1 heterocycles. The lowest BCUT2D eigenvalue weighted by Crippen LogP contribution is -2.23. The van der Waals surface area contributed by atoms with Crippen LogP contribution in [-0.2, 0) is 17.8 Å². The van der Waals surface area contributed by atoms with Gasteiger partial charge >= 0.3 is 0 Å². The Bertz CT molecular complexity index is 652. The highest BCUT2D eigenvalue weighted by Crippen LogP contribution is 2.24. The minimum absolute atomic E-state index is 0.0565. The topological polar surface area (TPSA) is 51.2 Å². The molecule has 1 aromatic carbocycles. The number of amides is 1. The lowest BCUT2D eigenvalue weighted by molar-refractivity contribution is -0.121. The van der Waals surface area contributed by atoms with Crippen LogP contribution in [0.15, 0.2) is 48.8 Å². The van der Waals surface area contributed by atoms with Gasteiger partial charge in [0.05, 0.1) is 6.10 Å². The zero-order valence-electron chi connectivity index (χ0n) is 13.9. The predicted molar refractivity (Wildman–Crippen MR) is 93.7 cm³/mol. The Kier molecular flexibility index (Phi) is 5.83. The molecular formula is C20H24N2O2. The average molecular weight is 324 g/mol. The smallest absolute Gasteiger partial charge is 0.220 e. The molecule has 1 aromatic heterocycles. The number of aryl methyl sites for hydroxylation is 1. The van der Waals surface area contributed by atoms with Crippen molar-refractivity contribution in [3.8, 4) is 5.75 Å².